The third-order valence-corrected chi connectivity index (χ3v) is 2.05. The van der Waals surface area contributed by atoms with Crippen molar-refractivity contribution in [2.45, 2.75) is 26.4 Å². The molecule has 0 fully saturated rings. The molecule has 4 heteroatoms. The van der Waals surface area contributed by atoms with Gasteiger partial charge in [-0.2, -0.15) is 0 Å². The summed E-state index contributed by atoms with van der Waals surface area (Å²) in [5, 5.41) is 3.16. The Morgan fingerprint density at radius 2 is 2.43 bits per heavy atom. The first-order valence-electron chi connectivity index (χ1n) is 4.86. The van der Waals surface area contributed by atoms with Gasteiger partial charge in [-0.05, 0) is 18.6 Å². The van der Waals surface area contributed by atoms with E-state index in [2.05, 4.69) is 29.1 Å². The number of amides is 1. The number of hydrogen-bond acceptors (Lipinski definition) is 2. The van der Waals surface area contributed by atoms with Crippen molar-refractivity contribution >= 4 is 5.91 Å². The van der Waals surface area contributed by atoms with Crippen molar-refractivity contribution < 1.29 is 4.79 Å². The van der Waals surface area contributed by atoms with Crippen molar-refractivity contribution in [3.63, 3.8) is 0 Å². The summed E-state index contributed by atoms with van der Waals surface area (Å²) < 4.78 is 2.12. The van der Waals surface area contributed by atoms with Crippen LogP contribution in [0.5, 0.6) is 0 Å². The second-order valence-corrected chi connectivity index (χ2v) is 3.24. The Kier molecular flexibility index (Phi) is 4.19. The normalized spacial score (nSPS) is 10.4. The van der Waals surface area contributed by atoms with Gasteiger partial charge >= 0.3 is 0 Å². The lowest BCUT2D eigenvalue weighted by Gasteiger charge is -2.00. The van der Waals surface area contributed by atoms with E-state index in [1.165, 1.54) is 5.56 Å². The molecule has 78 valence electrons. The van der Waals surface area contributed by atoms with Gasteiger partial charge < -0.3 is 15.6 Å². The molecule has 3 N–H and O–H groups in total. The standard InChI is InChI=1S/C10H17N3O/c1-2-13-6-4-9(8-13)7-12-5-3-10(11)14/h4,6,8,12H,2-3,5,7H2,1H3,(H2,11,14). The fraction of sp³-hybridized carbons (Fsp3) is 0.500. The lowest BCUT2D eigenvalue weighted by Crippen LogP contribution is -2.21. The molecular formula is C10H17N3O. The van der Waals surface area contributed by atoms with Crippen LogP contribution >= 0.6 is 0 Å². The number of carbonyl (C=O) groups excluding carboxylic acids is 1. The third-order valence-electron chi connectivity index (χ3n) is 2.05. The summed E-state index contributed by atoms with van der Waals surface area (Å²) in [7, 11) is 0. The van der Waals surface area contributed by atoms with Crippen LogP contribution in [-0.4, -0.2) is 17.0 Å². The molecule has 0 saturated heterocycles. The van der Waals surface area contributed by atoms with Gasteiger partial charge in [0.2, 0.25) is 5.91 Å². The molecule has 0 aromatic carbocycles. The largest absolute Gasteiger partial charge is 0.370 e. The molecule has 0 atom stereocenters. The maximum atomic E-state index is 10.4. The van der Waals surface area contributed by atoms with Gasteiger partial charge in [0.25, 0.3) is 0 Å². The van der Waals surface area contributed by atoms with Crippen LogP contribution in [0.1, 0.15) is 18.9 Å². The zero-order chi connectivity index (χ0) is 10.4. The minimum Gasteiger partial charge on any atom is -0.370 e. The summed E-state index contributed by atoms with van der Waals surface area (Å²) in [5.74, 6) is -0.261. The topological polar surface area (TPSA) is 60.1 Å². The van der Waals surface area contributed by atoms with Gasteiger partial charge in [0, 0.05) is 38.4 Å². The van der Waals surface area contributed by atoms with Crippen LogP contribution in [0.2, 0.25) is 0 Å². The van der Waals surface area contributed by atoms with E-state index in [1.54, 1.807) is 0 Å². The quantitative estimate of drug-likeness (QED) is 0.648. The van der Waals surface area contributed by atoms with E-state index < -0.39 is 0 Å². The molecule has 0 saturated carbocycles. The van der Waals surface area contributed by atoms with Crippen LogP contribution in [0.3, 0.4) is 0 Å². The van der Waals surface area contributed by atoms with E-state index in [-0.39, 0.29) is 5.91 Å². The van der Waals surface area contributed by atoms with Crippen LogP contribution in [0, 0.1) is 0 Å². The van der Waals surface area contributed by atoms with Crippen molar-refractivity contribution in [3.8, 4) is 0 Å². The second-order valence-electron chi connectivity index (χ2n) is 3.24. The van der Waals surface area contributed by atoms with E-state index in [0.29, 0.717) is 13.0 Å². The predicted molar refractivity (Wildman–Crippen MR) is 55.6 cm³/mol. The maximum Gasteiger partial charge on any atom is 0.218 e. The van der Waals surface area contributed by atoms with Gasteiger partial charge in [-0.1, -0.05) is 0 Å². The van der Waals surface area contributed by atoms with Gasteiger partial charge in [0.1, 0.15) is 0 Å². The number of aryl methyl sites for hydroxylation is 1. The molecule has 1 aromatic rings. The van der Waals surface area contributed by atoms with Crippen molar-refractivity contribution in [2.75, 3.05) is 6.54 Å². The first-order chi connectivity index (χ1) is 6.72. The minimum absolute atomic E-state index is 0.261. The monoisotopic (exact) mass is 195 g/mol. The zero-order valence-corrected chi connectivity index (χ0v) is 8.49. The van der Waals surface area contributed by atoms with Gasteiger partial charge in [-0.15, -0.1) is 0 Å². The van der Waals surface area contributed by atoms with E-state index in [4.69, 9.17) is 5.73 Å². The Balaban J connectivity index is 2.21. The third kappa shape index (κ3) is 3.62. The summed E-state index contributed by atoms with van der Waals surface area (Å²) in [5.41, 5.74) is 6.25. The Morgan fingerprint density at radius 1 is 1.64 bits per heavy atom. The van der Waals surface area contributed by atoms with Crippen molar-refractivity contribution in [1.82, 2.24) is 9.88 Å². The SMILES string of the molecule is CCn1ccc(CNCCC(N)=O)c1. The smallest absolute Gasteiger partial charge is 0.218 e. The summed E-state index contributed by atoms with van der Waals surface area (Å²) >= 11 is 0. The Labute approximate surface area is 84.1 Å². The molecule has 0 aliphatic rings. The average molecular weight is 195 g/mol. The van der Waals surface area contributed by atoms with Crippen LogP contribution in [-0.2, 0) is 17.9 Å². The molecule has 0 bridgehead atoms. The van der Waals surface area contributed by atoms with Gasteiger partial charge in [0.05, 0.1) is 0 Å². The number of hydrogen-bond donors (Lipinski definition) is 2. The Hall–Kier alpha value is -1.29. The summed E-state index contributed by atoms with van der Waals surface area (Å²) in [4.78, 5) is 10.4. The maximum absolute atomic E-state index is 10.4. The van der Waals surface area contributed by atoms with Crippen molar-refractivity contribution in [1.29, 1.82) is 0 Å². The van der Waals surface area contributed by atoms with Crippen LogP contribution < -0.4 is 11.1 Å². The number of aromatic nitrogens is 1. The number of primary amides is 1. The van der Waals surface area contributed by atoms with E-state index >= 15 is 0 Å². The summed E-state index contributed by atoms with van der Waals surface area (Å²) in [6, 6.07) is 2.07. The molecule has 1 aromatic heterocycles. The number of rotatable bonds is 6. The summed E-state index contributed by atoms with van der Waals surface area (Å²) in [6.45, 7) is 4.53. The Bertz CT molecular complexity index is 293. The lowest BCUT2D eigenvalue weighted by molar-refractivity contribution is -0.117. The highest BCUT2D eigenvalue weighted by Gasteiger charge is 1.96. The molecule has 0 aliphatic carbocycles. The predicted octanol–water partition coefficient (Wildman–Crippen LogP) is 0.473. The molecule has 0 unspecified atom stereocenters. The van der Waals surface area contributed by atoms with Crippen molar-refractivity contribution in [2.24, 2.45) is 5.73 Å². The first-order valence-corrected chi connectivity index (χ1v) is 4.86. The molecule has 0 aliphatic heterocycles. The van der Waals surface area contributed by atoms with E-state index in [0.717, 1.165) is 13.1 Å². The number of nitrogens with one attached hydrogen (secondary N) is 1. The highest BCUT2D eigenvalue weighted by Crippen LogP contribution is 2.00. The number of nitrogens with two attached hydrogens (primary N) is 1. The van der Waals surface area contributed by atoms with Crippen LogP contribution in [0.15, 0.2) is 18.5 Å². The van der Waals surface area contributed by atoms with Crippen molar-refractivity contribution in [3.05, 3.63) is 24.0 Å². The molecular weight excluding hydrogens is 178 g/mol. The fourth-order valence-electron chi connectivity index (χ4n) is 1.24. The highest BCUT2D eigenvalue weighted by atomic mass is 16.1. The molecule has 1 amide bonds. The summed E-state index contributed by atoms with van der Waals surface area (Å²) in [6.07, 6.45) is 4.54. The lowest BCUT2D eigenvalue weighted by atomic mass is 10.3. The fourth-order valence-corrected chi connectivity index (χ4v) is 1.24. The van der Waals surface area contributed by atoms with E-state index in [9.17, 15) is 4.79 Å². The number of carbonyl (C=O) groups is 1. The van der Waals surface area contributed by atoms with Gasteiger partial charge in [-0.3, -0.25) is 4.79 Å². The average Bonchev–Trinajstić information content (AvgIpc) is 2.60. The van der Waals surface area contributed by atoms with Crippen LogP contribution in [0.25, 0.3) is 0 Å². The highest BCUT2D eigenvalue weighted by molar-refractivity contribution is 5.73. The molecule has 0 radical (unpaired) electrons. The molecule has 14 heavy (non-hydrogen) atoms. The molecule has 4 nitrogen and oxygen atoms in total. The van der Waals surface area contributed by atoms with Crippen LogP contribution in [0.4, 0.5) is 0 Å². The molecule has 1 rings (SSSR count). The molecule has 1 heterocycles. The van der Waals surface area contributed by atoms with E-state index in [1.807, 2.05) is 6.20 Å². The zero-order valence-electron chi connectivity index (χ0n) is 8.49. The minimum atomic E-state index is -0.261. The first kappa shape index (κ1) is 10.8. The number of nitrogens with zero attached hydrogens (tertiary/aromatic N) is 1. The second kappa shape index (κ2) is 5.44. The van der Waals surface area contributed by atoms with Gasteiger partial charge in [0.15, 0.2) is 0 Å². The Morgan fingerprint density at radius 3 is 3.00 bits per heavy atom. The molecule has 0 spiro atoms. The van der Waals surface area contributed by atoms with Gasteiger partial charge in [-0.25, -0.2) is 0 Å².